The highest BCUT2D eigenvalue weighted by Gasteiger charge is 2.23. The zero-order valence-electron chi connectivity index (χ0n) is 9.42. The Morgan fingerprint density at radius 2 is 2.29 bits per heavy atom. The first kappa shape index (κ1) is 13.6. The SMILES string of the molecule is O=C(NCC1CCCCC1Cl)c1csc(I)c1. The van der Waals surface area contributed by atoms with Gasteiger partial charge in [0.25, 0.3) is 5.91 Å². The van der Waals surface area contributed by atoms with Crippen molar-refractivity contribution in [2.24, 2.45) is 5.92 Å². The molecule has 5 heteroatoms. The molecule has 1 heterocycles. The number of rotatable bonds is 3. The molecule has 2 nitrogen and oxygen atoms in total. The molecule has 1 amide bonds. The maximum Gasteiger partial charge on any atom is 0.252 e. The van der Waals surface area contributed by atoms with E-state index in [0.29, 0.717) is 12.5 Å². The molecule has 1 N–H and O–H groups in total. The molecule has 1 aliphatic carbocycles. The number of hydrogen-bond acceptors (Lipinski definition) is 2. The number of thiophene rings is 1. The first-order valence-corrected chi connectivity index (χ1v) is 8.22. The van der Waals surface area contributed by atoms with E-state index in [9.17, 15) is 4.79 Å². The van der Waals surface area contributed by atoms with Crippen molar-refractivity contribution in [3.05, 3.63) is 19.9 Å². The third kappa shape index (κ3) is 3.83. The first-order chi connectivity index (χ1) is 8.16. The zero-order valence-corrected chi connectivity index (χ0v) is 13.1. The Balaban J connectivity index is 1.83. The van der Waals surface area contributed by atoms with Crippen LogP contribution in [0.3, 0.4) is 0 Å². The van der Waals surface area contributed by atoms with E-state index in [1.54, 1.807) is 11.3 Å². The highest BCUT2D eigenvalue weighted by Crippen LogP contribution is 2.28. The van der Waals surface area contributed by atoms with E-state index in [1.165, 1.54) is 12.8 Å². The Labute approximate surface area is 124 Å². The average molecular weight is 384 g/mol. The second-order valence-corrected chi connectivity index (χ2v) is 7.78. The molecule has 1 aliphatic rings. The summed E-state index contributed by atoms with van der Waals surface area (Å²) >= 11 is 10.1. The van der Waals surface area contributed by atoms with Crippen molar-refractivity contribution >= 4 is 51.4 Å². The molecular weight excluding hydrogens is 369 g/mol. The molecule has 1 aromatic heterocycles. The van der Waals surface area contributed by atoms with Crippen LogP contribution in [0, 0.1) is 8.80 Å². The molecule has 2 unspecified atom stereocenters. The van der Waals surface area contributed by atoms with Crippen LogP contribution in [0.5, 0.6) is 0 Å². The smallest absolute Gasteiger partial charge is 0.252 e. The predicted molar refractivity (Wildman–Crippen MR) is 81.0 cm³/mol. The van der Waals surface area contributed by atoms with Crippen molar-refractivity contribution < 1.29 is 4.79 Å². The van der Waals surface area contributed by atoms with Gasteiger partial charge in [-0.1, -0.05) is 12.8 Å². The lowest BCUT2D eigenvalue weighted by Crippen LogP contribution is -2.34. The molecule has 1 aromatic rings. The lowest BCUT2D eigenvalue weighted by molar-refractivity contribution is 0.0944. The van der Waals surface area contributed by atoms with E-state index < -0.39 is 0 Å². The number of carbonyl (C=O) groups is 1. The van der Waals surface area contributed by atoms with Crippen molar-refractivity contribution in [3.63, 3.8) is 0 Å². The molecule has 94 valence electrons. The summed E-state index contributed by atoms with van der Waals surface area (Å²) in [6, 6.07) is 1.92. The summed E-state index contributed by atoms with van der Waals surface area (Å²) in [4.78, 5) is 11.9. The topological polar surface area (TPSA) is 29.1 Å². The molecule has 0 radical (unpaired) electrons. The van der Waals surface area contributed by atoms with Gasteiger partial charge in [-0.3, -0.25) is 4.79 Å². The van der Waals surface area contributed by atoms with Crippen LogP contribution in [0.25, 0.3) is 0 Å². The molecule has 1 fully saturated rings. The molecule has 17 heavy (non-hydrogen) atoms. The van der Waals surface area contributed by atoms with E-state index in [4.69, 9.17) is 11.6 Å². The van der Waals surface area contributed by atoms with E-state index in [0.717, 1.165) is 21.3 Å². The van der Waals surface area contributed by atoms with Crippen LogP contribution in [0.15, 0.2) is 11.4 Å². The molecule has 0 spiro atoms. The van der Waals surface area contributed by atoms with Gasteiger partial charge >= 0.3 is 0 Å². The van der Waals surface area contributed by atoms with E-state index in [2.05, 4.69) is 27.9 Å². The lowest BCUT2D eigenvalue weighted by Gasteiger charge is -2.26. The summed E-state index contributed by atoms with van der Waals surface area (Å²) in [5.41, 5.74) is 0.765. The van der Waals surface area contributed by atoms with Crippen LogP contribution in [0.1, 0.15) is 36.0 Å². The summed E-state index contributed by atoms with van der Waals surface area (Å²) in [6.45, 7) is 0.708. The van der Waals surface area contributed by atoms with Crippen LogP contribution in [-0.2, 0) is 0 Å². The number of amides is 1. The molecule has 0 saturated heterocycles. The van der Waals surface area contributed by atoms with Crippen molar-refractivity contribution in [2.45, 2.75) is 31.1 Å². The fraction of sp³-hybridized carbons (Fsp3) is 0.583. The quantitative estimate of drug-likeness (QED) is 0.623. The molecule has 2 rings (SSSR count). The lowest BCUT2D eigenvalue weighted by atomic mass is 9.89. The normalized spacial score (nSPS) is 24.6. The molecule has 0 aliphatic heterocycles. The Bertz CT molecular complexity index is 396. The largest absolute Gasteiger partial charge is 0.352 e. The number of carbonyl (C=O) groups excluding carboxylic acids is 1. The third-order valence-electron chi connectivity index (χ3n) is 3.17. The Hall–Kier alpha value is 0.190. The maximum atomic E-state index is 11.9. The number of alkyl halides is 1. The van der Waals surface area contributed by atoms with E-state index >= 15 is 0 Å². The first-order valence-electron chi connectivity index (χ1n) is 5.83. The summed E-state index contributed by atoms with van der Waals surface area (Å²) in [7, 11) is 0. The fourth-order valence-electron chi connectivity index (χ4n) is 2.15. The van der Waals surface area contributed by atoms with Gasteiger partial charge < -0.3 is 5.32 Å². The molecule has 2 atom stereocenters. The van der Waals surface area contributed by atoms with Crippen LogP contribution >= 0.6 is 45.5 Å². The van der Waals surface area contributed by atoms with Crippen molar-refractivity contribution in [3.8, 4) is 0 Å². The van der Waals surface area contributed by atoms with Crippen LogP contribution in [0.4, 0.5) is 0 Å². The van der Waals surface area contributed by atoms with Gasteiger partial charge in [0.2, 0.25) is 0 Å². The van der Waals surface area contributed by atoms with Crippen molar-refractivity contribution in [1.29, 1.82) is 0 Å². The Morgan fingerprint density at radius 1 is 1.53 bits per heavy atom. The molecule has 1 saturated carbocycles. The van der Waals surface area contributed by atoms with Crippen molar-refractivity contribution in [2.75, 3.05) is 6.54 Å². The van der Waals surface area contributed by atoms with E-state index in [1.807, 2.05) is 11.4 Å². The van der Waals surface area contributed by atoms with Gasteiger partial charge in [0.15, 0.2) is 0 Å². The maximum absolute atomic E-state index is 11.9. The third-order valence-corrected chi connectivity index (χ3v) is 5.53. The minimum atomic E-state index is 0.0265. The van der Waals surface area contributed by atoms with Crippen LogP contribution in [0.2, 0.25) is 0 Å². The summed E-state index contributed by atoms with van der Waals surface area (Å²) in [5.74, 6) is 0.464. The van der Waals surface area contributed by atoms with Gasteiger partial charge in [-0.05, 0) is 47.4 Å². The van der Waals surface area contributed by atoms with Gasteiger partial charge in [-0.15, -0.1) is 22.9 Å². The fourth-order valence-corrected chi connectivity index (χ4v) is 3.84. The van der Waals surface area contributed by atoms with Crippen LogP contribution in [-0.4, -0.2) is 17.8 Å². The second kappa shape index (κ2) is 6.38. The Morgan fingerprint density at radius 3 is 2.94 bits per heavy atom. The van der Waals surface area contributed by atoms with Gasteiger partial charge in [-0.25, -0.2) is 0 Å². The number of hydrogen-bond donors (Lipinski definition) is 1. The predicted octanol–water partition coefficient (Wildman–Crippen LogP) is 3.88. The van der Waals surface area contributed by atoms with Gasteiger partial charge in [0.05, 0.1) is 8.45 Å². The second-order valence-electron chi connectivity index (χ2n) is 4.41. The molecular formula is C12H15ClINOS. The highest BCUT2D eigenvalue weighted by atomic mass is 127. The molecule has 0 aromatic carbocycles. The highest BCUT2D eigenvalue weighted by molar-refractivity contribution is 14.1. The molecule has 0 bridgehead atoms. The van der Waals surface area contributed by atoms with E-state index in [-0.39, 0.29) is 11.3 Å². The summed E-state index contributed by atoms with van der Waals surface area (Å²) < 4.78 is 1.14. The van der Waals surface area contributed by atoms with Crippen molar-refractivity contribution in [1.82, 2.24) is 5.32 Å². The van der Waals surface area contributed by atoms with Gasteiger partial charge in [0, 0.05) is 17.3 Å². The Kier molecular flexibility index (Phi) is 5.11. The summed E-state index contributed by atoms with van der Waals surface area (Å²) in [5, 5.41) is 5.12. The number of halogens is 2. The average Bonchev–Trinajstić information content (AvgIpc) is 2.74. The number of nitrogens with one attached hydrogen (secondary N) is 1. The minimum Gasteiger partial charge on any atom is -0.352 e. The van der Waals surface area contributed by atoms with Gasteiger partial charge in [0.1, 0.15) is 0 Å². The van der Waals surface area contributed by atoms with Crippen LogP contribution < -0.4 is 5.32 Å². The zero-order chi connectivity index (χ0) is 12.3. The summed E-state index contributed by atoms with van der Waals surface area (Å²) in [6.07, 6.45) is 4.68. The standard InChI is InChI=1S/C12H15ClINOS/c13-10-4-2-1-3-8(10)6-15-12(16)9-5-11(14)17-7-9/h5,7-8,10H,1-4,6H2,(H,15,16). The van der Waals surface area contributed by atoms with Gasteiger partial charge in [-0.2, -0.15) is 0 Å². The minimum absolute atomic E-state index is 0.0265. The monoisotopic (exact) mass is 383 g/mol.